The summed E-state index contributed by atoms with van der Waals surface area (Å²) in [6.07, 6.45) is 4.67. The number of carbonyl (C=O) groups is 1. The second-order valence-corrected chi connectivity index (χ2v) is 9.05. The summed E-state index contributed by atoms with van der Waals surface area (Å²) in [6, 6.07) is 3.47. The molecule has 0 spiro atoms. The molecule has 3 atom stereocenters. The van der Waals surface area contributed by atoms with E-state index in [-0.39, 0.29) is 24.0 Å². The Labute approximate surface area is 203 Å². The van der Waals surface area contributed by atoms with Crippen molar-refractivity contribution in [2.24, 2.45) is 0 Å². The van der Waals surface area contributed by atoms with E-state index in [1.165, 1.54) is 11.2 Å². The summed E-state index contributed by atoms with van der Waals surface area (Å²) in [5, 5.41) is 6.07. The number of aryl methyl sites for hydroxylation is 1. The number of nitrogen functional groups attached to an aromatic ring is 1. The number of methoxy groups -OCH3 is 1. The number of anilines is 1. The van der Waals surface area contributed by atoms with Gasteiger partial charge in [0.1, 0.15) is 17.8 Å². The van der Waals surface area contributed by atoms with Crippen molar-refractivity contribution in [2.75, 3.05) is 26.9 Å². The highest BCUT2D eigenvalue weighted by Crippen LogP contribution is 2.43. The van der Waals surface area contributed by atoms with Crippen LogP contribution in [0.5, 0.6) is 0 Å². The van der Waals surface area contributed by atoms with E-state index in [4.69, 9.17) is 27.2 Å². The highest BCUT2D eigenvalue weighted by molar-refractivity contribution is 6.31. The van der Waals surface area contributed by atoms with Gasteiger partial charge >= 0.3 is 0 Å². The topological polar surface area (TPSA) is 112 Å². The van der Waals surface area contributed by atoms with Crippen molar-refractivity contribution in [1.82, 2.24) is 29.6 Å². The maximum Gasteiger partial charge on any atom is 0.271 e. The number of allylic oxidation sites excluding steroid dienone is 2. The van der Waals surface area contributed by atoms with Crippen molar-refractivity contribution in [1.29, 1.82) is 0 Å². The van der Waals surface area contributed by atoms with Crippen LogP contribution in [0.1, 0.15) is 47.6 Å². The zero-order chi connectivity index (χ0) is 24.7. The lowest BCUT2D eigenvalue weighted by atomic mass is 9.78. The van der Waals surface area contributed by atoms with Gasteiger partial charge in [-0.25, -0.2) is 14.6 Å². The molecule has 2 N–H and O–H groups in total. The summed E-state index contributed by atoms with van der Waals surface area (Å²) in [5.41, 5.74) is 10.6. The largest absolute Gasteiger partial charge is 0.383 e. The third kappa shape index (κ3) is 3.95. The molecule has 9 nitrogen and oxygen atoms in total. The first-order chi connectivity index (χ1) is 16.1. The molecule has 0 aromatic carbocycles. The Balaban J connectivity index is 1.81. The number of ether oxygens (including phenoxy) is 1. The molecule has 3 heterocycles. The predicted molar refractivity (Wildman–Crippen MR) is 132 cm³/mol. The van der Waals surface area contributed by atoms with Crippen LogP contribution in [0.3, 0.4) is 0 Å². The average molecular weight is 482 g/mol. The number of amides is 1. The minimum atomic E-state index is -0.346. The Morgan fingerprint density at radius 2 is 2.00 bits per heavy atom. The molecule has 10 heteroatoms. The summed E-state index contributed by atoms with van der Waals surface area (Å²) in [7, 11) is 5.07. The first kappa shape index (κ1) is 23.8. The number of hydrogen-bond donors (Lipinski definition) is 1. The third-order valence-corrected chi connectivity index (χ3v) is 6.74. The fraction of sp³-hybridized carbons (Fsp3) is 0.375. The maximum absolute atomic E-state index is 12.5. The van der Waals surface area contributed by atoms with Crippen LogP contribution in [0.4, 0.5) is 5.82 Å². The van der Waals surface area contributed by atoms with Crippen molar-refractivity contribution in [3.8, 4) is 0 Å². The summed E-state index contributed by atoms with van der Waals surface area (Å²) < 4.78 is 7.88. The van der Waals surface area contributed by atoms with Crippen molar-refractivity contribution < 1.29 is 9.53 Å². The Morgan fingerprint density at radius 1 is 1.26 bits per heavy atom. The van der Waals surface area contributed by atoms with Crippen LogP contribution in [0.15, 0.2) is 46.9 Å². The Bertz CT molecular complexity index is 1330. The van der Waals surface area contributed by atoms with Crippen molar-refractivity contribution >= 4 is 34.4 Å². The molecule has 178 valence electrons. The lowest BCUT2D eigenvalue weighted by Crippen LogP contribution is -2.32. The van der Waals surface area contributed by atoms with Gasteiger partial charge in [-0.15, -0.1) is 0 Å². The maximum atomic E-state index is 12.5. The zero-order valence-corrected chi connectivity index (χ0v) is 20.8. The molecule has 0 bridgehead atoms. The Hall–Kier alpha value is -3.30. The van der Waals surface area contributed by atoms with Crippen LogP contribution in [-0.4, -0.2) is 62.8 Å². The minimum Gasteiger partial charge on any atom is -0.383 e. The number of halogens is 1. The number of nitrogens with two attached hydrogens (primary N) is 1. The molecule has 0 aliphatic heterocycles. The van der Waals surface area contributed by atoms with E-state index >= 15 is 0 Å². The van der Waals surface area contributed by atoms with E-state index in [9.17, 15) is 4.79 Å². The number of pyridine rings is 1. The summed E-state index contributed by atoms with van der Waals surface area (Å²) in [4.78, 5) is 26.8. The van der Waals surface area contributed by atoms with Crippen LogP contribution in [0, 0.1) is 6.92 Å². The van der Waals surface area contributed by atoms with Gasteiger partial charge in [-0.3, -0.25) is 9.78 Å². The highest BCUT2D eigenvalue weighted by Gasteiger charge is 2.36. The first-order valence-electron chi connectivity index (χ1n) is 10.9. The van der Waals surface area contributed by atoms with Gasteiger partial charge in [0.25, 0.3) is 5.91 Å². The van der Waals surface area contributed by atoms with Crippen molar-refractivity contribution in [2.45, 2.75) is 38.8 Å². The summed E-state index contributed by atoms with van der Waals surface area (Å²) >= 11 is 6.74. The highest BCUT2D eigenvalue weighted by atomic mass is 35.5. The molecule has 4 rings (SSSR count). The summed E-state index contributed by atoms with van der Waals surface area (Å²) in [5.74, 6) is 0.0157. The molecule has 3 aromatic heterocycles. The van der Waals surface area contributed by atoms with Gasteiger partial charge in [-0.05, 0) is 55.7 Å². The summed E-state index contributed by atoms with van der Waals surface area (Å²) in [6.45, 7) is 5.89. The molecule has 3 aromatic rings. The van der Waals surface area contributed by atoms with Gasteiger partial charge in [0.2, 0.25) is 0 Å². The normalized spacial score (nSPS) is 19.3. The smallest absolute Gasteiger partial charge is 0.271 e. The van der Waals surface area contributed by atoms with Crippen molar-refractivity contribution in [3.05, 3.63) is 63.9 Å². The van der Waals surface area contributed by atoms with Crippen molar-refractivity contribution in [3.63, 3.8) is 0 Å². The van der Waals surface area contributed by atoms with Crippen LogP contribution < -0.4 is 5.73 Å². The van der Waals surface area contributed by atoms with E-state index < -0.39 is 0 Å². The molecule has 1 amide bonds. The van der Waals surface area contributed by atoms with Gasteiger partial charge in [0.15, 0.2) is 5.65 Å². The minimum absolute atomic E-state index is 0.167. The first-order valence-corrected chi connectivity index (χ1v) is 11.3. The van der Waals surface area contributed by atoms with Gasteiger partial charge in [-0.2, -0.15) is 5.10 Å². The van der Waals surface area contributed by atoms with Gasteiger partial charge in [-0.1, -0.05) is 11.6 Å². The lowest BCUT2D eigenvalue weighted by molar-refractivity contribution is 0.0821. The Morgan fingerprint density at radius 3 is 2.68 bits per heavy atom. The second-order valence-electron chi connectivity index (χ2n) is 8.65. The van der Waals surface area contributed by atoms with E-state index in [1.807, 2.05) is 43.7 Å². The molecule has 3 unspecified atom stereocenters. The number of rotatable bonds is 5. The van der Waals surface area contributed by atoms with Crippen LogP contribution in [0.2, 0.25) is 0 Å². The number of hydrogen-bond acceptors (Lipinski definition) is 7. The third-order valence-electron chi connectivity index (χ3n) is 6.33. The van der Waals surface area contributed by atoms with Crippen LogP contribution in [0.25, 0.3) is 11.0 Å². The molecule has 0 radical (unpaired) electrons. The number of nitrogens with zero attached hydrogens (tertiary/aromatic N) is 6. The molecule has 0 fully saturated rings. The van der Waals surface area contributed by atoms with Crippen LogP contribution >= 0.6 is 11.6 Å². The fourth-order valence-electron chi connectivity index (χ4n) is 4.53. The van der Waals surface area contributed by atoms with E-state index in [0.717, 1.165) is 27.8 Å². The molecule has 0 saturated carbocycles. The van der Waals surface area contributed by atoms with E-state index in [1.54, 1.807) is 27.4 Å². The van der Waals surface area contributed by atoms with E-state index in [0.29, 0.717) is 22.2 Å². The molecular weight excluding hydrogens is 454 g/mol. The SMILES string of the molecule is COC1C(C(C)n2nc(C)c3c(N)ncnc32)=CC(Cl)=C(C)C1c1ccnc(C(=O)N(C)C)c1. The lowest BCUT2D eigenvalue weighted by Gasteiger charge is -2.35. The molecule has 34 heavy (non-hydrogen) atoms. The zero-order valence-electron chi connectivity index (χ0n) is 20.1. The molecule has 1 aliphatic carbocycles. The van der Waals surface area contributed by atoms with Gasteiger partial charge < -0.3 is 15.4 Å². The molecule has 1 aliphatic rings. The number of fused-ring (bicyclic) bond motifs is 1. The predicted octanol–water partition coefficient (Wildman–Crippen LogP) is 3.63. The standard InChI is InChI=1S/C24H28ClN7O2/c1-12-17(25)10-16(14(3)32-23-20(13(2)30-32)22(26)28-11-29-23)21(34-6)19(12)15-7-8-27-18(9-15)24(33)31(4)5/h7-11,14,19,21H,1-6H3,(H2,26,28,29). The number of carbonyl (C=O) groups excluding carboxylic acids is 1. The second kappa shape index (κ2) is 9.15. The number of aromatic nitrogens is 5. The van der Waals surface area contributed by atoms with Gasteiger partial charge in [0.05, 0.1) is 23.2 Å². The fourth-order valence-corrected chi connectivity index (χ4v) is 4.78. The quantitative estimate of drug-likeness (QED) is 0.592. The average Bonchev–Trinajstić information content (AvgIpc) is 3.17. The molecule has 0 saturated heterocycles. The van der Waals surface area contributed by atoms with Gasteiger partial charge in [0, 0.05) is 38.4 Å². The monoisotopic (exact) mass is 481 g/mol. The van der Waals surface area contributed by atoms with E-state index in [2.05, 4.69) is 15.0 Å². The Kier molecular flexibility index (Phi) is 6.42. The van der Waals surface area contributed by atoms with Crippen LogP contribution in [-0.2, 0) is 4.74 Å². The molecular formula is C24H28ClN7O2.